The first kappa shape index (κ1) is 11.5. The van der Waals surface area contributed by atoms with E-state index in [2.05, 4.69) is 15.9 Å². The van der Waals surface area contributed by atoms with Crippen molar-refractivity contribution >= 4 is 33.5 Å². The van der Waals surface area contributed by atoms with Crippen molar-refractivity contribution in [1.82, 2.24) is 0 Å². The minimum atomic E-state index is -1.01. The molecule has 0 aliphatic rings. The predicted molar refractivity (Wildman–Crippen MR) is 58.5 cm³/mol. The zero-order chi connectivity index (χ0) is 10.7. The Morgan fingerprint density at radius 1 is 1.64 bits per heavy atom. The van der Waals surface area contributed by atoms with Crippen LogP contribution in [0.25, 0.3) is 0 Å². The molecule has 0 heterocycles. The molecule has 0 aliphatic heterocycles. The molecule has 1 aromatic rings. The van der Waals surface area contributed by atoms with Gasteiger partial charge in [-0.25, -0.2) is 0 Å². The fourth-order valence-corrected chi connectivity index (χ4v) is 1.46. The van der Waals surface area contributed by atoms with E-state index in [9.17, 15) is 4.79 Å². The molecule has 0 aliphatic carbocycles. The maximum atomic E-state index is 10.5. The second kappa shape index (κ2) is 4.77. The quantitative estimate of drug-likeness (QED) is 0.889. The van der Waals surface area contributed by atoms with Crippen molar-refractivity contribution in [2.75, 3.05) is 0 Å². The highest BCUT2D eigenvalue weighted by Crippen LogP contribution is 2.23. The molecule has 1 rings (SSSR count). The van der Waals surface area contributed by atoms with Crippen molar-refractivity contribution < 1.29 is 9.90 Å². The predicted octanol–water partition coefficient (Wildman–Crippen LogP) is 2.06. The first-order valence-corrected chi connectivity index (χ1v) is 5.10. The monoisotopic (exact) mass is 277 g/mol. The minimum Gasteiger partial charge on any atom is -0.480 e. The van der Waals surface area contributed by atoms with Crippen LogP contribution in [0, 0.1) is 0 Å². The third kappa shape index (κ3) is 2.97. The van der Waals surface area contributed by atoms with Crippen LogP contribution >= 0.6 is 27.5 Å². The number of rotatable bonds is 3. The van der Waals surface area contributed by atoms with Crippen LogP contribution in [0.15, 0.2) is 22.7 Å². The number of hydrogen-bond acceptors (Lipinski definition) is 2. The number of carbonyl (C=O) groups is 1. The van der Waals surface area contributed by atoms with Gasteiger partial charge in [-0.05, 0) is 40.0 Å². The first-order chi connectivity index (χ1) is 6.50. The number of benzene rings is 1. The molecular weight excluding hydrogens is 269 g/mol. The molecular formula is C9H9BrClNO2. The molecule has 0 radical (unpaired) electrons. The highest BCUT2D eigenvalue weighted by Gasteiger charge is 2.12. The fourth-order valence-electron chi connectivity index (χ4n) is 1.01. The molecule has 0 spiro atoms. The average molecular weight is 279 g/mol. The molecule has 0 saturated heterocycles. The van der Waals surface area contributed by atoms with Gasteiger partial charge in [0.25, 0.3) is 0 Å². The van der Waals surface area contributed by atoms with Crippen LogP contribution in [0.2, 0.25) is 5.02 Å². The maximum absolute atomic E-state index is 10.5. The zero-order valence-electron chi connectivity index (χ0n) is 7.21. The summed E-state index contributed by atoms with van der Waals surface area (Å²) < 4.78 is 0.784. The fraction of sp³-hybridized carbons (Fsp3) is 0.222. The highest BCUT2D eigenvalue weighted by molar-refractivity contribution is 9.10. The van der Waals surface area contributed by atoms with Crippen molar-refractivity contribution in [2.24, 2.45) is 5.73 Å². The second-order valence-electron chi connectivity index (χ2n) is 2.90. The van der Waals surface area contributed by atoms with E-state index in [1.165, 1.54) is 0 Å². The maximum Gasteiger partial charge on any atom is 0.320 e. The summed E-state index contributed by atoms with van der Waals surface area (Å²) >= 11 is 9.09. The van der Waals surface area contributed by atoms with Crippen LogP contribution in [0.3, 0.4) is 0 Å². The van der Waals surface area contributed by atoms with E-state index in [-0.39, 0.29) is 6.42 Å². The van der Waals surface area contributed by atoms with Gasteiger partial charge in [0.1, 0.15) is 6.04 Å². The summed E-state index contributed by atoms with van der Waals surface area (Å²) in [6, 6.07) is 4.38. The average Bonchev–Trinajstić information content (AvgIpc) is 2.11. The SMILES string of the molecule is NC(Cc1ccc(Br)c(Cl)c1)C(=O)O. The Kier molecular flexibility index (Phi) is 3.92. The Balaban J connectivity index is 2.78. The van der Waals surface area contributed by atoms with Gasteiger partial charge in [0, 0.05) is 4.47 Å². The van der Waals surface area contributed by atoms with Gasteiger partial charge < -0.3 is 10.8 Å². The van der Waals surface area contributed by atoms with Crippen LogP contribution in [0.4, 0.5) is 0 Å². The van der Waals surface area contributed by atoms with Crippen LogP contribution < -0.4 is 5.73 Å². The van der Waals surface area contributed by atoms with Crippen molar-refractivity contribution in [3.05, 3.63) is 33.3 Å². The largest absolute Gasteiger partial charge is 0.480 e. The third-order valence-electron chi connectivity index (χ3n) is 1.76. The van der Waals surface area contributed by atoms with Crippen molar-refractivity contribution in [3.8, 4) is 0 Å². The number of hydrogen-bond donors (Lipinski definition) is 2. The lowest BCUT2D eigenvalue weighted by molar-refractivity contribution is -0.138. The molecule has 0 saturated carbocycles. The van der Waals surface area contributed by atoms with E-state index in [4.69, 9.17) is 22.4 Å². The van der Waals surface area contributed by atoms with Crippen LogP contribution in [0.1, 0.15) is 5.56 Å². The van der Waals surface area contributed by atoms with E-state index in [1.807, 2.05) is 0 Å². The summed E-state index contributed by atoms with van der Waals surface area (Å²) in [4.78, 5) is 10.5. The Hall–Kier alpha value is -0.580. The van der Waals surface area contributed by atoms with Crippen molar-refractivity contribution in [3.63, 3.8) is 0 Å². The topological polar surface area (TPSA) is 63.3 Å². The lowest BCUT2D eigenvalue weighted by Crippen LogP contribution is -2.32. The third-order valence-corrected chi connectivity index (χ3v) is 2.99. The minimum absolute atomic E-state index is 0.280. The second-order valence-corrected chi connectivity index (χ2v) is 4.16. The molecule has 3 nitrogen and oxygen atoms in total. The van der Waals surface area contributed by atoms with Crippen molar-refractivity contribution in [2.45, 2.75) is 12.5 Å². The van der Waals surface area contributed by atoms with Gasteiger partial charge in [0.05, 0.1) is 5.02 Å². The molecule has 14 heavy (non-hydrogen) atoms. The molecule has 5 heteroatoms. The molecule has 1 unspecified atom stereocenters. The van der Waals surface area contributed by atoms with Gasteiger partial charge in [-0.3, -0.25) is 4.79 Å². The van der Waals surface area contributed by atoms with Gasteiger partial charge in [-0.2, -0.15) is 0 Å². The molecule has 0 amide bonds. The lowest BCUT2D eigenvalue weighted by atomic mass is 10.1. The van der Waals surface area contributed by atoms with E-state index in [0.29, 0.717) is 5.02 Å². The summed E-state index contributed by atoms with van der Waals surface area (Å²) in [5, 5.41) is 9.16. The van der Waals surface area contributed by atoms with E-state index in [0.717, 1.165) is 10.0 Å². The molecule has 0 bridgehead atoms. The van der Waals surface area contributed by atoms with Crippen molar-refractivity contribution in [1.29, 1.82) is 0 Å². The molecule has 76 valence electrons. The zero-order valence-corrected chi connectivity index (χ0v) is 9.55. The van der Waals surface area contributed by atoms with E-state index in [1.54, 1.807) is 18.2 Å². The van der Waals surface area contributed by atoms with E-state index < -0.39 is 12.0 Å². The summed E-state index contributed by atoms with van der Waals surface area (Å²) in [5.74, 6) is -1.01. The van der Waals surface area contributed by atoms with Gasteiger partial charge in [-0.1, -0.05) is 17.7 Å². The summed E-state index contributed by atoms with van der Waals surface area (Å²) in [6.07, 6.45) is 0.280. The molecule has 3 N–H and O–H groups in total. The van der Waals surface area contributed by atoms with E-state index >= 15 is 0 Å². The highest BCUT2D eigenvalue weighted by atomic mass is 79.9. The molecule has 0 aromatic heterocycles. The number of carboxylic acids is 1. The first-order valence-electron chi connectivity index (χ1n) is 3.93. The summed E-state index contributed by atoms with van der Waals surface area (Å²) in [5.41, 5.74) is 6.20. The number of carboxylic acid groups (broad SMARTS) is 1. The van der Waals surface area contributed by atoms with Gasteiger partial charge in [0.15, 0.2) is 0 Å². The van der Waals surface area contributed by atoms with Crippen LogP contribution in [-0.2, 0) is 11.2 Å². The number of aliphatic carboxylic acids is 1. The Morgan fingerprint density at radius 3 is 2.79 bits per heavy atom. The summed E-state index contributed by atoms with van der Waals surface area (Å²) in [6.45, 7) is 0. The molecule has 1 atom stereocenters. The van der Waals surface area contributed by atoms with Crippen LogP contribution in [-0.4, -0.2) is 17.1 Å². The smallest absolute Gasteiger partial charge is 0.320 e. The Morgan fingerprint density at radius 2 is 2.29 bits per heavy atom. The Labute approximate surface area is 95.0 Å². The van der Waals surface area contributed by atoms with Gasteiger partial charge in [-0.15, -0.1) is 0 Å². The number of halogens is 2. The normalized spacial score (nSPS) is 12.5. The Bertz CT molecular complexity index is 357. The standard InChI is InChI=1S/C9H9BrClNO2/c10-6-2-1-5(3-7(6)11)4-8(12)9(13)14/h1-3,8H,4,12H2,(H,13,14). The summed E-state index contributed by atoms with van der Waals surface area (Å²) in [7, 11) is 0. The lowest BCUT2D eigenvalue weighted by Gasteiger charge is -2.06. The molecule has 0 fully saturated rings. The molecule has 1 aromatic carbocycles. The van der Waals surface area contributed by atoms with Gasteiger partial charge >= 0.3 is 5.97 Å². The van der Waals surface area contributed by atoms with Gasteiger partial charge in [0.2, 0.25) is 0 Å². The number of nitrogens with two attached hydrogens (primary N) is 1. The van der Waals surface area contributed by atoms with Crippen LogP contribution in [0.5, 0.6) is 0 Å².